The molecule has 2 aromatic heterocycles. The van der Waals surface area contributed by atoms with E-state index in [1.54, 1.807) is 12.1 Å². The Balaban J connectivity index is 1.50. The lowest BCUT2D eigenvalue weighted by Gasteiger charge is -2.52. The average Bonchev–Trinajstić information content (AvgIpc) is 3.19. The highest BCUT2D eigenvalue weighted by Crippen LogP contribution is 2.43. The molecule has 0 unspecified atom stereocenters. The summed E-state index contributed by atoms with van der Waals surface area (Å²) in [5.41, 5.74) is 2.82. The van der Waals surface area contributed by atoms with E-state index in [2.05, 4.69) is 15.4 Å². The molecule has 4 heterocycles. The number of ether oxygens (including phenoxy) is 2. The van der Waals surface area contributed by atoms with Gasteiger partial charge in [-0.05, 0) is 64.9 Å². The van der Waals surface area contributed by atoms with Crippen LogP contribution in [0.25, 0.3) is 22.6 Å². The van der Waals surface area contributed by atoms with Crippen LogP contribution in [-0.2, 0) is 4.74 Å². The highest BCUT2D eigenvalue weighted by Gasteiger charge is 2.44. The van der Waals surface area contributed by atoms with E-state index in [0.717, 1.165) is 69.2 Å². The van der Waals surface area contributed by atoms with Gasteiger partial charge in [0.1, 0.15) is 23.1 Å². The maximum atomic E-state index is 15.0. The third kappa shape index (κ3) is 4.88. The highest BCUT2D eigenvalue weighted by atomic mass is 19.1. The molecule has 2 fully saturated rings. The zero-order valence-corrected chi connectivity index (χ0v) is 20.6. The molecule has 0 saturated carbocycles. The van der Waals surface area contributed by atoms with E-state index in [4.69, 9.17) is 24.0 Å². The number of rotatable bonds is 8. The Kier molecular flexibility index (Phi) is 6.71. The van der Waals surface area contributed by atoms with E-state index in [9.17, 15) is 0 Å². The predicted molar refractivity (Wildman–Crippen MR) is 131 cm³/mol. The second kappa shape index (κ2) is 9.91. The largest absolute Gasteiger partial charge is 0.494 e. The molecule has 9 heteroatoms. The lowest BCUT2D eigenvalue weighted by atomic mass is 9.73. The van der Waals surface area contributed by atoms with Gasteiger partial charge in [-0.15, -0.1) is 0 Å². The van der Waals surface area contributed by atoms with Crippen LogP contribution in [0, 0.1) is 25.1 Å². The fourth-order valence-electron chi connectivity index (χ4n) is 4.94. The molecule has 0 aliphatic carbocycles. The Bertz CT molecular complexity index is 1160. The van der Waals surface area contributed by atoms with Crippen molar-refractivity contribution in [1.29, 1.82) is 0 Å². The summed E-state index contributed by atoms with van der Waals surface area (Å²) in [5, 5.41) is 7.18. The van der Waals surface area contributed by atoms with Gasteiger partial charge in [-0.25, -0.2) is 14.4 Å². The Labute approximate surface area is 204 Å². The first-order chi connectivity index (χ1) is 17.0. The zero-order chi connectivity index (χ0) is 24.4. The van der Waals surface area contributed by atoms with E-state index in [1.165, 1.54) is 6.07 Å². The molecule has 0 bridgehead atoms. The normalized spacial score (nSPS) is 17.0. The van der Waals surface area contributed by atoms with E-state index < -0.39 is 0 Å². The fourth-order valence-corrected chi connectivity index (χ4v) is 4.94. The maximum absolute atomic E-state index is 15.0. The minimum atomic E-state index is -0.390. The molecule has 0 amide bonds. The Morgan fingerprint density at radius 1 is 1.14 bits per heavy atom. The highest BCUT2D eigenvalue weighted by molar-refractivity contribution is 5.71. The number of nitrogens with one attached hydrogen (secondary N) is 1. The van der Waals surface area contributed by atoms with Crippen molar-refractivity contribution >= 4 is 5.82 Å². The minimum Gasteiger partial charge on any atom is -0.494 e. The van der Waals surface area contributed by atoms with Crippen LogP contribution in [0.1, 0.15) is 30.7 Å². The molecule has 5 rings (SSSR count). The Morgan fingerprint density at radius 3 is 2.66 bits per heavy atom. The molecule has 2 saturated heterocycles. The number of hydrogen-bond acceptors (Lipinski definition) is 8. The zero-order valence-electron chi connectivity index (χ0n) is 20.6. The molecule has 0 radical (unpaired) electrons. The second-order valence-electron chi connectivity index (χ2n) is 9.55. The summed E-state index contributed by atoms with van der Waals surface area (Å²) < 4.78 is 31.8. The summed E-state index contributed by atoms with van der Waals surface area (Å²) in [6, 6.07) is 6.69. The minimum absolute atomic E-state index is 0.277. The summed E-state index contributed by atoms with van der Waals surface area (Å²) in [6.45, 7) is 8.56. The number of benzene rings is 1. The van der Waals surface area contributed by atoms with Crippen LogP contribution in [0.4, 0.5) is 10.2 Å². The molecule has 186 valence electrons. The van der Waals surface area contributed by atoms with Gasteiger partial charge in [-0.3, -0.25) is 0 Å². The van der Waals surface area contributed by atoms with Crippen LogP contribution in [0.5, 0.6) is 5.75 Å². The number of nitrogens with zero attached hydrogens (tertiary/aromatic N) is 4. The van der Waals surface area contributed by atoms with Gasteiger partial charge in [0.2, 0.25) is 0 Å². The summed E-state index contributed by atoms with van der Waals surface area (Å²) in [7, 11) is 1.90. The summed E-state index contributed by atoms with van der Waals surface area (Å²) in [6.07, 6.45) is 2.96. The average molecular weight is 482 g/mol. The van der Waals surface area contributed by atoms with Gasteiger partial charge in [0.15, 0.2) is 5.82 Å². The molecule has 35 heavy (non-hydrogen) atoms. The van der Waals surface area contributed by atoms with E-state index >= 15 is 4.39 Å². The first-order valence-electron chi connectivity index (χ1n) is 12.2. The van der Waals surface area contributed by atoms with Gasteiger partial charge in [0.25, 0.3) is 0 Å². The van der Waals surface area contributed by atoms with Crippen molar-refractivity contribution < 1.29 is 18.4 Å². The van der Waals surface area contributed by atoms with Crippen molar-refractivity contribution in [2.24, 2.45) is 5.41 Å². The van der Waals surface area contributed by atoms with Gasteiger partial charge >= 0.3 is 0 Å². The van der Waals surface area contributed by atoms with Crippen LogP contribution in [0.2, 0.25) is 0 Å². The molecule has 2 aliphatic rings. The summed E-state index contributed by atoms with van der Waals surface area (Å²) in [4.78, 5) is 11.8. The van der Waals surface area contributed by atoms with Crippen molar-refractivity contribution in [2.75, 3.05) is 51.4 Å². The van der Waals surface area contributed by atoms with Crippen molar-refractivity contribution in [1.82, 2.24) is 20.4 Å². The van der Waals surface area contributed by atoms with Crippen LogP contribution < -0.4 is 15.0 Å². The molecular weight excluding hydrogens is 449 g/mol. The monoisotopic (exact) mass is 481 g/mol. The number of aryl methyl sites for hydroxylation is 2. The summed E-state index contributed by atoms with van der Waals surface area (Å²) in [5.74, 6) is 1.98. The molecule has 1 spiro atoms. The molecule has 1 N–H and O–H groups in total. The van der Waals surface area contributed by atoms with E-state index in [1.807, 2.05) is 27.0 Å². The van der Waals surface area contributed by atoms with E-state index in [0.29, 0.717) is 35.2 Å². The summed E-state index contributed by atoms with van der Waals surface area (Å²) >= 11 is 0. The topological polar surface area (TPSA) is 85.5 Å². The lowest BCUT2D eigenvalue weighted by Crippen LogP contribution is -2.58. The van der Waals surface area contributed by atoms with Crippen LogP contribution >= 0.6 is 0 Å². The molecule has 1 aromatic carbocycles. The number of hydrogen-bond donors (Lipinski definition) is 1. The van der Waals surface area contributed by atoms with E-state index in [-0.39, 0.29) is 11.2 Å². The molecule has 8 nitrogen and oxygen atoms in total. The van der Waals surface area contributed by atoms with Crippen molar-refractivity contribution in [2.45, 2.75) is 33.1 Å². The second-order valence-corrected chi connectivity index (χ2v) is 9.55. The lowest BCUT2D eigenvalue weighted by molar-refractivity contribution is -0.000453. The molecular formula is C26H32FN5O3. The van der Waals surface area contributed by atoms with Gasteiger partial charge < -0.3 is 24.2 Å². The first-order valence-corrected chi connectivity index (χ1v) is 12.2. The Morgan fingerprint density at radius 2 is 1.94 bits per heavy atom. The SMILES string of the molecule is CNCCCOc1ccc(F)c(-c2nc(-c3c(C)noc3C)cc(N3CC4(CCOCC4)C3)n2)c1. The first kappa shape index (κ1) is 23.7. The maximum Gasteiger partial charge on any atom is 0.165 e. The fraction of sp³-hybridized carbons (Fsp3) is 0.500. The quantitative estimate of drug-likeness (QED) is 0.480. The van der Waals surface area contributed by atoms with Crippen LogP contribution in [0.15, 0.2) is 28.8 Å². The molecule has 2 aliphatic heterocycles. The third-order valence-electron chi connectivity index (χ3n) is 6.95. The number of halogens is 1. The predicted octanol–water partition coefficient (Wildman–Crippen LogP) is 4.16. The van der Waals surface area contributed by atoms with Gasteiger partial charge in [-0.1, -0.05) is 5.16 Å². The Hall–Kier alpha value is -3.04. The van der Waals surface area contributed by atoms with Gasteiger partial charge in [0, 0.05) is 37.8 Å². The van der Waals surface area contributed by atoms with Crippen molar-refractivity contribution in [3.63, 3.8) is 0 Å². The number of anilines is 1. The van der Waals surface area contributed by atoms with Crippen LogP contribution in [0.3, 0.4) is 0 Å². The standard InChI is InChI=1S/C26H32FN5O3/c1-17-24(18(2)35-31-17)22-14-23(32-15-26(16-32)7-11-33-12-8-26)30-25(29-22)20-13-19(5-6-21(20)27)34-10-4-9-28-3/h5-6,13-14,28H,4,7-12,15-16H2,1-3H3. The van der Waals surface area contributed by atoms with Crippen LogP contribution in [-0.4, -0.2) is 61.6 Å². The number of aromatic nitrogens is 3. The van der Waals surface area contributed by atoms with Crippen molar-refractivity contribution in [3.05, 3.63) is 41.5 Å². The van der Waals surface area contributed by atoms with Gasteiger partial charge in [0.05, 0.1) is 29.1 Å². The molecule has 3 aromatic rings. The smallest absolute Gasteiger partial charge is 0.165 e. The molecule has 0 atom stereocenters. The van der Waals surface area contributed by atoms with Gasteiger partial charge in [-0.2, -0.15) is 0 Å². The van der Waals surface area contributed by atoms with Crippen molar-refractivity contribution in [3.8, 4) is 28.4 Å². The third-order valence-corrected chi connectivity index (χ3v) is 6.95.